The largest absolute Gasteiger partial charge is 0.296 e. The summed E-state index contributed by atoms with van der Waals surface area (Å²) in [4.78, 5) is 22.3. The van der Waals surface area contributed by atoms with Gasteiger partial charge in [0.15, 0.2) is 0 Å². The number of benzene rings is 1. The van der Waals surface area contributed by atoms with Crippen LogP contribution in [0.5, 0.6) is 0 Å². The van der Waals surface area contributed by atoms with E-state index in [0.717, 1.165) is 5.56 Å². The third-order valence-electron chi connectivity index (χ3n) is 2.34. The molecular weight excluding hydrogens is 268 g/mol. The molecule has 98 valence electrons. The molecule has 8 heteroatoms. The van der Waals surface area contributed by atoms with Gasteiger partial charge >= 0.3 is 0 Å². The van der Waals surface area contributed by atoms with E-state index in [-0.39, 0.29) is 11.3 Å². The Labute approximate surface area is 112 Å². The number of nitrogens with one attached hydrogen (secondary N) is 1. The van der Waals surface area contributed by atoms with Crippen molar-refractivity contribution in [2.24, 2.45) is 0 Å². The monoisotopic (exact) mass is 278 g/mol. The number of aryl methyl sites for hydroxylation is 2. The molecule has 0 atom stereocenters. The maximum Gasteiger partial charge on any atom is 0.282 e. The lowest BCUT2D eigenvalue weighted by Crippen LogP contribution is -2.14. The lowest BCUT2D eigenvalue weighted by Gasteiger charge is -2.03. The molecule has 0 saturated carbocycles. The Kier molecular flexibility index (Phi) is 3.52. The zero-order chi connectivity index (χ0) is 14.0. The van der Waals surface area contributed by atoms with E-state index in [1.54, 1.807) is 19.9 Å². The maximum atomic E-state index is 12.0. The van der Waals surface area contributed by atoms with Crippen molar-refractivity contribution in [1.29, 1.82) is 0 Å². The molecule has 0 bridgehead atoms. The lowest BCUT2D eigenvalue weighted by atomic mass is 10.1. The quantitative estimate of drug-likeness (QED) is 0.686. The van der Waals surface area contributed by atoms with Gasteiger partial charge in [0.2, 0.25) is 5.13 Å². The predicted molar refractivity (Wildman–Crippen MR) is 70.4 cm³/mol. The number of nitrogens with zero attached hydrogens (tertiary/aromatic N) is 3. The predicted octanol–water partition coefficient (Wildman–Crippen LogP) is 2.32. The molecule has 1 heterocycles. The fourth-order valence-corrected chi connectivity index (χ4v) is 2.09. The molecule has 0 unspecified atom stereocenters. The van der Waals surface area contributed by atoms with E-state index in [1.807, 2.05) is 0 Å². The van der Waals surface area contributed by atoms with Gasteiger partial charge in [-0.05, 0) is 25.5 Å². The van der Waals surface area contributed by atoms with Crippen LogP contribution < -0.4 is 5.32 Å². The Morgan fingerprint density at radius 1 is 1.37 bits per heavy atom. The first-order valence-corrected chi connectivity index (χ1v) is 6.15. The minimum atomic E-state index is -0.584. The molecule has 1 N–H and O–H groups in total. The molecule has 0 aliphatic carbocycles. The molecule has 0 spiro atoms. The summed E-state index contributed by atoms with van der Waals surface area (Å²) in [7, 11) is 0. The summed E-state index contributed by atoms with van der Waals surface area (Å²) in [6, 6.07) is 4.38. The number of nitro groups is 1. The zero-order valence-electron chi connectivity index (χ0n) is 10.2. The summed E-state index contributed by atoms with van der Waals surface area (Å²) in [5, 5.41) is 21.9. The van der Waals surface area contributed by atoms with Gasteiger partial charge in [-0.15, -0.1) is 10.2 Å². The molecule has 2 aromatic rings. The van der Waals surface area contributed by atoms with Gasteiger partial charge in [0, 0.05) is 6.07 Å². The number of hydrogen-bond donors (Lipinski definition) is 1. The highest BCUT2D eigenvalue weighted by molar-refractivity contribution is 7.15. The van der Waals surface area contributed by atoms with Crippen LogP contribution in [-0.4, -0.2) is 21.0 Å². The molecule has 0 aliphatic heterocycles. The van der Waals surface area contributed by atoms with E-state index in [1.165, 1.54) is 23.5 Å². The van der Waals surface area contributed by atoms with Crippen molar-refractivity contribution in [2.45, 2.75) is 13.8 Å². The van der Waals surface area contributed by atoms with Crippen molar-refractivity contribution < 1.29 is 9.72 Å². The second-order valence-corrected chi connectivity index (χ2v) is 5.04. The molecule has 0 saturated heterocycles. The number of nitro benzene ring substituents is 1. The van der Waals surface area contributed by atoms with Crippen LogP contribution in [0.25, 0.3) is 0 Å². The van der Waals surface area contributed by atoms with Gasteiger partial charge in [0.05, 0.1) is 4.92 Å². The molecular formula is C11H10N4O3S. The van der Waals surface area contributed by atoms with Crippen LogP contribution in [0.3, 0.4) is 0 Å². The number of hydrogen-bond acceptors (Lipinski definition) is 6. The standard InChI is InChI=1S/C11H10N4O3S/c1-6-3-4-9(15(17)18)8(5-6)10(16)12-11-14-13-7(2)19-11/h3-5H,1-2H3,(H,12,14,16). The molecule has 1 amide bonds. The zero-order valence-corrected chi connectivity index (χ0v) is 11.0. The van der Waals surface area contributed by atoms with E-state index >= 15 is 0 Å². The minimum Gasteiger partial charge on any atom is -0.296 e. The summed E-state index contributed by atoms with van der Waals surface area (Å²) >= 11 is 1.21. The number of carbonyl (C=O) groups is 1. The van der Waals surface area contributed by atoms with Crippen molar-refractivity contribution >= 4 is 28.1 Å². The van der Waals surface area contributed by atoms with Crippen molar-refractivity contribution in [1.82, 2.24) is 10.2 Å². The highest BCUT2D eigenvalue weighted by Crippen LogP contribution is 2.22. The van der Waals surface area contributed by atoms with Crippen LogP contribution in [0.2, 0.25) is 0 Å². The third kappa shape index (κ3) is 2.91. The molecule has 0 aliphatic rings. The average Bonchev–Trinajstić information content (AvgIpc) is 2.74. The highest BCUT2D eigenvalue weighted by atomic mass is 32.1. The highest BCUT2D eigenvalue weighted by Gasteiger charge is 2.21. The molecule has 0 fully saturated rings. The summed E-state index contributed by atoms with van der Waals surface area (Å²) in [6.07, 6.45) is 0. The fraction of sp³-hybridized carbons (Fsp3) is 0.182. The van der Waals surface area contributed by atoms with Gasteiger partial charge in [-0.25, -0.2) is 0 Å². The summed E-state index contributed by atoms with van der Waals surface area (Å²) < 4.78 is 0. The Hall–Kier alpha value is -2.35. The second-order valence-electron chi connectivity index (χ2n) is 3.86. The first-order valence-electron chi connectivity index (χ1n) is 5.34. The van der Waals surface area contributed by atoms with Crippen LogP contribution in [0, 0.1) is 24.0 Å². The van der Waals surface area contributed by atoms with Crippen molar-refractivity contribution in [3.8, 4) is 0 Å². The summed E-state index contributed by atoms with van der Waals surface area (Å²) in [6.45, 7) is 3.51. The van der Waals surface area contributed by atoms with Crippen LogP contribution in [0.1, 0.15) is 20.9 Å². The topological polar surface area (TPSA) is 98.0 Å². The van der Waals surface area contributed by atoms with Gasteiger partial charge in [-0.2, -0.15) is 0 Å². The normalized spacial score (nSPS) is 10.2. The van der Waals surface area contributed by atoms with Crippen molar-refractivity contribution in [2.75, 3.05) is 5.32 Å². The Morgan fingerprint density at radius 3 is 2.68 bits per heavy atom. The SMILES string of the molecule is Cc1ccc([N+](=O)[O-])c(C(=O)Nc2nnc(C)s2)c1. The number of anilines is 1. The third-order valence-corrected chi connectivity index (χ3v) is 3.09. The van der Waals surface area contributed by atoms with E-state index in [4.69, 9.17) is 0 Å². The number of amides is 1. The van der Waals surface area contributed by atoms with Gasteiger partial charge in [-0.3, -0.25) is 20.2 Å². The summed E-state index contributed by atoms with van der Waals surface area (Å²) in [5.74, 6) is -0.563. The first kappa shape index (κ1) is 13.1. The summed E-state index contributed by atoms with van der Waals surface area (Å²) in [5.41, 5.74) is 0.548. The second kappa shape index (κ2) is 5.11. The number of rotatable bonds is 3. The molecule has 2 rings (SSSR count). The van der Waals surface area contributed by atoms with Gasteiger partial charge in [-0.1, -0.05) is 17.4 Å². The van der Waals surface area contributed by atoms with Gasteiger partial charge in [0.25, 0.3) is 11.6 Å². The maximum absolute atomic E-state index is 12.0. The van der Waals surface area contributed by atoms with E-state index in [0.29, 0.717) is 10.1 Å². The Bertz CT molecular complexity index is 653. The van der Waals surface area contributed by atoms with Gasteiger partial charge < -0.3 is 0 Å². The smallest absolute Gasteiger partial charge is 0.282 e. The number of carbonyl (C=O) groups excluding carboxylic acids is 1. The lowest BCUT2D eigenvalue weighted by molar-refractivity contribution is -0.385. The van der Waals surface area contributed by atoms with Crippen LogP contribution in [0.15, 0.2) is 18.2 Å². The van der Waals surface area contributed by atoms with Crippen LogP contribution in [0.4, 0.5) is 10.8 Å². The molecule has 19 heavy (non-hydrogen) atoms. The molecule has 1 aromatic heterocycles. The number of aromatic nitrogens is 2. The average molecular weight is 278 g/mol. The Morgan fingerprint density at radius 2 is 2.11 bits per heavy atom. The molecule has 7 nitrogen and oxygen atoms in total. The Balaban J connectivity index is 2.32. The van der Waals surface area contributed by atoms with Crippen molar-refractivity contribution in [3.63, 3.8) is 0 Å². The van der Waals surface area contributed by atoms with E-state index < -0.39 is 10.8 Å². The van der Waals surface area contributed by atoms with Crippen LogP contribution >= 0.6 is 11.3 Å². The minimum absolute atomic E-state index is 0.0119. The first-order chi connectivity index (χ1) is 8.97. The van der Waals surface area contributed by atoms with Crippen molar-refractivity contribution in [3.05, 3.63) is 44.4 Å². The fourth-order valence-electron chi connectivity index (χ4n) is 1.50. The van der Waals surface area contributed by atoms with Crippen LogP contribution in [-0.2, 0) is 0 Å². The van der Waals surface area contributed by atoms with E-state index in [2.05, 4.69) is 15.5 Å². The van der Waals surface area contributed by atoms with Gasteiger partial charge in [0.1, 0.15) is 10.6 Å². The molecule has 0 radical (unpaired) electrons. The molecule has 1 aromatic carbocycles. The van der Waals surface area contributed by atoms with E-state index in [9.17, 15) is 14.9 Å².